The Morgan fingerprint density at radius 2 is 1.87 bits per heavy atom. The van der Waals surface area contributed by atoms with Crippen molar-refractivity contribution in [1.29, 1.82) is 0 Å². The fourth-order valence-electron chi connectivity index (χ4n) is 2.39. The molecule has 1 amide bonds. The number of carbonyl (C=O) groups is 2. The van der Waals surface area contributed by atoms with Gasteiger partial charge in [0.1, 0.15) is 5.69 Å². The number of carbonyl (C=O) groups excluding carboxylic acids is 2. The number of para-hydroxylation sites is 1. The van der Waals surface area contributed by atoms with Gasteiger partial charge in [-0.3, -0.25) is 19.7 Å². The van der Waals surface area contributed by atoms with E-state index in [0.29, 0.717) is 10.0 Å². The van der Waals surface area contributed by atoms with E-state index in [4.69, 9.17) is 4.74 Å². The van der Waals surface area contributed by atoms with Crippen LogP contribution in [0.5, 0.6) is 0 Å². The Kier molecular flexibility index (Phi) is 7.21. The number of amides is 1. The maximum atomic E-state index is 12.3. The van der Waals surface area contributed by atoms with Gasteiger partial charge in [-0.25, -0.2) is 13.2 Å². The van der Waals surface area contributed by atoms with Crippen molar-refractivity contribution in [3.05, 3.63) is 63.7 Å². The second-order valence-electron chi connectivity index (χ2n) is 5.98. The lowest BCUT2D eigenvalue weighted by Gasteiger charge is -2.14. The van der Waals surface area contributed by atoms with Crippen LogP contribution in [0.25, 0.3) is 0 Å². The molecule has 0 bridgehead atoms. The van der Waals surface area contributed by atoms with Crippen molar-refractivity contribution in [1.82, 2.24) is 4.47 Å². The summed E-state index contributed by atoms with van der Waals surface area (Å²) in [5.74, 6) is -1.73. The van der Waals surface area contributed by atoms with Crippen LogP contribution in [0.15, 0.2) is 47.4 Å². The minimum Gasteiger partial charge on any atom is -0.452 e. The molecular weight excluding hydrogens is 418 g/mol. The molecule has 2 aromatic rings. The van der Waals surface area contributed by atoms with Crippen LogP contribution in [-0.4, -0.2) is 50.5 Å². The van der Waals surface area contributed by atoms with Gasteiger partial charge in [-0.15, -0.1) is 0 Å². The lowest BCUT2D eigenvalue weighted by Crippen LogP contribution is -2.26. The maximum Gasteiger partial charge on any atom is 0.338 e. The normalized spacial score (nSPS) is 11.2. The zero-order chi connectivity index (χ0) is 22.5. The summed E-state index contributed by atoms with van der Waals surface area (Å²) in [6, 6.07) is 9.30. The number of nitrogens with zero attached hydrogens (tertiary/aromatic N) is 2. The van der Waals surface area contributed by atoms with Gasteiger partial charge in [0.15, 0.2) is 6.61 Å². The van der Waals surface area contributed by atoms with Gasteiger partial charge in [0.05, 0.1) is 22.5 Å². The summed E-state index contributed by atoms with van der Waals surface area (Å²) in [6.45, 7) is 0.858. The smallest absolute Gasteiger partial charge is 0.338 e. The minimum absolute atomic E-state index is 0.000701. The molecular formula is C18H19N3O8S. The molecule has 0 unspecified atom stereocenters. The van der Waals surface area contributed by atoms with E-state index in [2.05, 4.69) is 10.2 Å². The number of nitrogens with one attached hydrogen (secondary N) is 1. The first kappa shape index (κ1) is 22.9. The highest BCUT2D eigenvalue weighted by molar-refractivity contribution is 7.89. The summed E-state index contributed by atoms with van der Waals surface area (Å²) in [5.41, 5.74) is 0.0633. The molecule has 0 atom stereocenters. The quantitative estimate of drug-likeness (QED) is 0.374. The molecule has 0 saturated heterocycles. The molecule has 160 valence electrons. The Hall–Kier alpha value is -3.35. The van der Waals surface area contributed by atoms with Crippen LogP contribution < -0.4 is 5.32 Å². The monoisotopic (exact) mass is 437 g/mol. The first-order chi connectivity index (χ1) is 14.1. The van der Waals surface area contributed by atoms with Crippen molar-refractivity contribution in [2.24, 2.45) is 0 Å². The number of sulfonamides is 1. The molecule has 0 aliphatic carbocycles. The average molecular weight is 437 g/mol. The van der Waals surface area contributed by atoms with Crippen LogP contribution in [0.1, 0.15) is 15.9 Å². The Bertz CT molecular complexity index is 1080. The van der Waals surface area contributed by atoms with E-state index >= 15 is 0 Å². The average Bonchev–Trinajstić information content (AvgIpc) is 2.72. The Morgan fingerprint density at radius 3 is 2.50 bits per heavy atom. The number of benzene rings is 2. The van der Waals surface area contributed by atoms with Crippen LogP contribution in [-0.2, 0) is 24.4 Å². The van der Waals surface area contributed by atoms with E-state index in [1.54, 1.807) is 13.0 Å². The fourth-order valence-corrected chi connectivity index (χ4v) is 3.41. The SMILES string of the molecule is CON(C)S(=O)(=O)c1cccc(C(=O)OCC(=O)Nc2c(C)cccc2[N+](=O)[O-])c1. The zero-order valence-corrected chi connectivity index (χ0v) is 17.1. The molecule has 11 nitrogen and oxygen atoms in total. The number of nitro benzene ring substituents is 1. The number of hydroxylamine groups is 1. The summed E-state index contributed by atoms with van der Waals surface area (Å²) in [5, 5.41) is 13.4. The first-order valence-corrected chi connectivity index (χ1v) is 9.86. The summed E-state index contributed by atoms with van der Waals surface area (Å²) < 4.78 is 30.0. The van der Waals surface area contributed by atoms with Crippen LogP contribution in [0.4, 0.5) is 11.4 Å². The fraction of sp³-hybridized carbons (Fsp3) is 0.222. The van der Waals surface area contributed by atoms with Gasteiger partial charge in [-0.1, -0.05) is 22.7 Å². The highest BCUT2D eigenvalue weighted by Crippen LogP contribution is 2.27. The van der Waals surface area contributed by atoms with Crippen molar-refractivity contribution in [3.8, 4) is 0 Å². The van der Waals surface area contributed by atoms with Gasteiger partial charge in [0, 0.05) is 13.1 Å². The topological polar surface area (TPSA) is 145 Å². The van der Waals surface area contributed by atoms with Crippen LogP contribution in [0.3, 0.4) is 0 Å². The molecule has 0 spiro atoms. The van der Waals surface area contributed by atoms with Crippen molar-refractivity contribution < 1.29 is 32.5 Å². The molecule has 1 N–H and O–H groups in total. The summed E-state index contributed by atoms with van der Waals surface area (Å²) in [4.78, 5) is 39.2. The van der Waals surface area contributed by atoms with Crippen molar-refractivity contribution in [2.45, 2.75) is 11.8 Å². The van der Waals surface area contributed by atoms with Crippen LogP contribution in [0, 0.1) is 17.0 Å². The van der Waals surface area contributed by atoms with E-state index in [0.717, 1.165) is 6.07 Å². The van der Waals surface area contributed by atoms with Gasteiger partial charge in [-0.05, 0) is 30.7 Å². The third-order valence-electron chi connectivity index (χ3n) is 4.01. The number of rotatable bonds is 8. The van der Waals surface area contributed by atoms with E-state index in [9.17, 15) is 28.1 Å². The predicted octanol–water partition coefficient (Wildman–Crippen LogP) is 1.88. The van der Waals surface area contributed by atoms with Gasteiger partial charge < -0.3 is 10.1 Å². The van der Waals surface area contributed by atoms with E-state index in [1.807, 2.05) is 0 Å². The number of hydrogen-bond donors (Lipinski definition) is 1. The second kappa shape index (κ2) is 9.43. The lowest BCUT2D eigenvalue weighted by atomic mass is 10.1. The van der Waals surface area contributed by atoms with E-state index in [-0.39, 0.29) is 21.8 Å². The third-order valence-corrected chi connectivity index (χ3v) is 5.69. The van der Waals surface area contributed by atoms with Gasteiger partial charge in [0.25, 0.3) is 21.6 Å². The molecule has 12 heteroatoms. The summed E-state index contributed by atoms with van der Waals surface area (Å²) >= 11 is 0. The van der Waals surface area contributed by atoms with Gasteiger partial charge in [0.2, 0.25) is 0 Å². The number of ether oxygens (including phenoxy) is 1. The molecule has 30 heavy (non-hydrogen) atoms. The summed E-state index contributed by atoms with van der Waals surface area (Å²) in [7, 11) is -1.61. The summed E-state index contributed by atoms with van der Waals surface area (Å²) in [6.07, 6.45) is 0. The number of esters is 1. The zero-order valence-electron chi connectivity index (χ0n) is 16.3. The molecule has 0 radical (unpaired) electrons. The van der Waals surface area contributed by atoms with Crippen molar-refractivity contribution in [3.63, 3.8) is 0 Å². The van der Waals surface area contributed by atoms with E-state index < -0.39 is 33.4 Å². The third kappa shape index (κ3) is 5.17. The Balaban J connectivity index is 2.09. The predicted molar refractivity (Wildman–Crippen MR) is 105 cm³/mol. The maximum absolute atomic E-state index is 12.3. The van der Waals surface area contributed by atoms with Gasteiger partial charge >= 0.3 is 5.97 Å². The molecule has 0 aliphatic rings. The molecule has 0 aromatic heterocycles. The van der Waals surface area contributed by atoms with E-state index in [1.165, 1.54) is 44.5 Å². The minimum atomic E-state index is -3.97. The molecule has 2 aromatic carbocycles. The highest BCUT2D eigenvalue weighted by Gasteiger charge is 2.23. The van der Waals surface area contributed by atoms with Gasteiger partial charge in [-0.2, -0.15) is 0 Å². The first-order valence-electron chi connectivity index (χ1n) is 8.42. The number of hydrogen-bond acceptors (Lipinski definition) is 8. The molecule has 0 saturated carbocycles. The number of nitro groups is 1. The van der Waals surface area contributed by atoms with Crippen molar-refractivity contribution in [2.75, 3.05) is 26.1 Å². The molecule has 2 rings (SSSR count). The molecule has 0 fully saturated rings. The number of aryl methyl sites for hydroxylation is 1. The standard InChI is InChI=1S/C18H19N3O8S/c1-12-6-4-9-15(21(24)25)17(12)19-16(22)11-29-18(23)13-7-5-8-14(10-13)30(26,27)20(2)28-3/h4-10H,11H2,1-3H3,(H,19,22). The second-order valence-corrected chi connectivity index (χ2v) is 7.91. The molecule has 0 aliphatic heterocycles. The van der Waals surface area contributed by atoms with Crippen molar-refractivity contribution >= 4 is 33.3 Å². The molecule has 0 heterocycles. The number of anilines is 1. The van der Waals surface area contributed by atoms with Crippen LogP contribution >= 0.6 is 0 Å². The van der Waals surface area contributed by atoms with Crippen LogP contribution in [0.2, 0.25) is 0 Å². The Morgan fingerprint density at radius 1 is 1.20 bits per heavy atom. The lowest BCUT2D eigenvalue weighted by molar-refractivity contribution is -0.384. The highest BCUT2D eigenvalue weighted by atomic mass is 32.2. The largest absolute Gasteiger partial charge is 0.452 e. The Labute approximate surface area is 172 Å².